The average molecular weight is 330 g/mol. The Morgan fingerprint density at radius 2 is 2.21 bits per heavy atom. The van der Waals surface area contributed by atoms with Crippen LogP contribution in [-0.4, -0.2) is 23.9 Å². The molecule has 2 atom stereocenters. The van der Waals surface area contributed by atoms with Gasteiger partial charge in [-0.2, -0.15) is 0 Å². The molecule has 0 radical (unpaired) electrons. The van der Waals surface area contributed by atoms with Crippen molar-refractivity contribution in [3.63, 3.8) is 0 Å². The van der Waals surface area contributed by atoms with Gasteiger partial charge < -0.3 is 15.2 Å². The Balaban J connectivity index is 2.14. The van der Waals surface area contributed by atoms with E-state index in [-0.39, 0.29) is 24.0 Å². The van der Waals surface area contributed by atoms with Crippen LogP contribution in [0, 0.1) is 11.7 Å². The maximum Gasteiger partial charge on any atom is 0.247 e. The van der Waals surface area contributed by atoms with Gasteiger partial charge in [0.1, 0.15) is 18.0 Å². The van der Waals surface area contributed by atoms with E-state index in [0.717, 1.165) is 12.8 Å². The maximum atomic E-state index is 14.1. The van der Waals surface area contributed by atoms with E-state index >= 15 is 0 Å². The molecular formula is C13H13BrFNO3. The molecule has 2 aliphatic rings. The minimum atomic E-state index is -1.23. The van der Waals surface area contributed by atoms with E-state index in [2.05, 4.69) is 21.2 Å². The van der Waals surface area contributed by atoms with Crippen molar-refractivity contribution in [2.45, 2.75) is 24.7 Å². The molecule has 0 aromatic heterocycles. The topological polar surface area (TPSA) is 58.6 Å². The summed E-state index contributed by atoms with van der Waals surface area (Å²) in [5.74, 6) is -0.799. The first kappa shape index (κ1) is 13.0. The zero-order chi connectivity index (χ0) is 13.6. The third-order valence-electron chi connectivity index (χ3n) is 3.70. The number of carbonyl (C=O) groups excluding carboxylic acids is 1. The molecule has 1 aliphatic carbocycles. The Hall–Kier alpha value is -0.980. The molecule has 1 saturated heterocycles. The fourth-order valence-electron chi connectivity index (χ4n) is 2.69. The number of rotatable bonds is 2. The van der Waals surface area contributed by atoms with Crippen molar-refractivity contribution in [1.82, 2.24) is 5.32 Å². The summed E-state index contributed by atoms with van der Waals surface area (Å²) in [6.07, 6.45) is 0.417. The Kier molecular flexibility index (Phi) is 3.11. The highest BCUT2D eigenvalue weighted by Gasteiger charge is 2.56. The van der Waals surface area contributed by atoms with Crippen LogP contribution in [0.3, 0.4) is 0 Å². The van der Waals surface area contributed by atoms with Gasteiger partial charge in [0.15, 0.2) is 6.29 Å². The highest BCUT2D eigenvalue weighted by Crippen LogP contribution is 2.50. The molecule has 1 aliphatic heterocycles. The van der Waals surface area contributed by atoms with Crippen molar-refractivity contribution in [2.24, 2.45) is 5.92 Å². The number of aliphatic hydroxyl groups excluding tert-OH is 1. The van der Waals surface area contributed by atoms with Gasteiger partial charge in [-0.3, -0.25) is 4.79 Å². The number of amides is 1. The Morgan fingerprint density at radius 3 is 2.89 bits per heavy atom. The molecular weight excluding hydrogens is 317 g/mol. The second-order valence-corrected chi connectivity index (χ2v) is 5.89. The summed E-state index contributed by atoms with van der Waals surface area (Å²) in [5, 5.41) is 12.9. The number of ether oxygens (including phenoxy) is 1. The molecule has 1 saturated carbocycles. The van der Waals surface area contributed by atoms with Crippen molar-refractivity contribution >= 4 is 21.8 Å². The lowest BCUT2D eigenvalue weighted by atomic mass is 9.82. The van der Waals surface area contributed by atoms with Gasteiger partial charge in [0.05, 0.1) is 0 Å². The molecule has 1 amide bonds. The summed E-state index contributed by atoms with van der Waals surface area (Å²) in [7, 11) is 0. The van der Waals surface area contributed by atoms with Crippen LogP contribution in [0.25, 0.3) is 0 Å². The van der Waals surface area contributed by atoms with E-state index in [4.69, 9.17) is 4.74 Å². The Bertz CT molecular complexity index is 535. The quantitative estimate of drug-likeness (QED) is 0.867. The minimum Gasteiger partial charge on any atom is -0.366 e. The average Bonchev–Trinajstić information content (AvgIpc) is 3.20. The first-order valence-electron chi connectivity index (χ1n) is 6.10. The molecule has 0 spiro atoms. The second kappa shape index (κ2) is 4.54. The zero-order valence-corrected chi connectivity index (χ0v) is 11.6. The summed E-state index contributed by atoms with van der Waals surface area (Å²) in [6.45, 7) is -0.203. The molecule has 2 fully saturated rings. The molecule has 19 heavy (non-hydrogen) atoms. The van der Waals surface area contributed by atoms with Gasteiger partial charge in [-0.05, 0) is 37.0 Å². The summed E-state index contributed by atoms with van der Waals surface area (Å²) in [4.78, 5) is 11.6. The molecule has 6 heteroatoms. The van der Waals surface area contributed by atoms with Crippen molar-refractivity contribution in [3.05, 3.63) is 34.1 Å². The molecule has 0 bridgehead atoms. The van der Waals surface area contributed by atoms with Crippen LogP contribution in [0.15, 0.2) is 22.7 Å². The van der Waals surface area contributed by atoms with E-state index in [1.54, 1.807) is 12.1 Å². The van der Waals surface area contributed by atoms with Crippen molar-refractivity contribution in [1.29, 1.82) is 0 Å². The minimum absolute atomic E-state index is 0.00412. The highest BCUT2D eigenvalue weighted by atomic mass is 79.9. The van der Waals surface area contributed by atoms with Crippen molar-refractivity contribution < 1.29 is 19.0 Å². The molecule has 1 heterocycles. The number of carbonyl (C=O) groups is 1. The molecule has 102 valence electrons. The lowest BCUT2D eigenvalue weighted by Crippen LogP contribution is -2.62. The van der Waals surface area contributed by atoms with Crippen LogP contribution in [0.2, 0.25) is 0 Å². The number of morpholine rings is 1. The van der Waals surface area contributed by atoms with E-state index in [1.165, 1.54) is 6.07 Å². The van der Waals surface area contributed by atoms with Gasteiger partial charge in [0.2, 0.25) is 5.91 Å². The Labute approximate surface area is 118 Å². The lowest BCUT2D eigenvalue weighted by molar-refractivity contribution is -0.195. The fraction of sp³-hybridized carbons (Fsp3) is 0.462. The maximum absolute atomic E-state index is 14.1. The molecule has 1 aromatic carbocycles. The first-order chi connectivity index (χ1) is 9.04. The van der Waals surface area contributed by atoms with E-state index in [1.807, 2.05) is 0 Å². The molecule has 4 nitrogen and oxygen atoms in total. The monoisotopic (exact) mass is 329 g/mol. The lowest BCUT2D eigenvalue weighted by Gasteiger charge is -2.42. The highest BCUT2D eigenvalue weighted by molar-refractivity contribution is 9.10. The van der Waals surface area contributed by atoms with Crippen LogP contribution in [0.5, 0.6) is 0 Å². The summed E-state index contributed by atoms with van der Waals surface area (Å²) in [5.41, 5.74) is -0.909. The SMILES string of the molecule is O=C1COC(O)C(c2cc(Br)ccc2F)(C2CC2)N1. The largest absolute Gasteiger partial charge is 0.366 e. The van der Waals surface area contributed by atoms with Gasteiger partial charge >= 0.3 is 0 Å². The van der Waals surface area contributed by atoms with Crippen LogP contribution in [-0.2, 0) is 15.1 Å². The van der Waals surface area contributed by atoms with E-state index in [9.17, 15) is 14.3 Å². The molecule has 2 N–H and O–H groups in total. The standard InChI is InChI=1S/C13H13BrFNO3/c14-8-3-4-10(15)9(5-8)13(7-1-2-7)12(18)19-6-11(17)16-13/h3-5,7,12,18H,1-2,6H2,(H,16,17). The molecule has 2 unspecified atom stereocenters. The van der Waals surface area contributed by atoms with Crippen LogP contribution in [0.4, 0.5) is 4.39 Å². The Morgan fingerprint density at radius 1 is 1.47 bits per heavy atom. The predicted molar refractivity (Wildman–Crippen MR) is 68.6 cm³/mol. The first-order valence-corrected chi connectivity index (χ1v) is 6.89. The van der Waals surface area contributed by atoms with Gasteiger partial charge in [0.25, 0.3) is 0 Å². The van der Waals surface area contributed by atoms with E-state index < -0.39 is 17.6 Å². The van der Waals surface area contributed by atoms with Crippen LogP contribution < -0.4 is 5.32 Å². The summed E-state index contributed by atoms with van der Waals surface area (Å²) < 4.78 is 20.0. The third-order valence-corrected chi connectivity index (χ3v) is 4.20. The fourth-order valence-corrected chi connectivity index (χ4v) is 3.05. The number of benzene rings is 1. The van der Waals surface area contributed by atoms with Gasteiger partial charge in [-0.15, -0.1) is 0 Å². The van der Waals surface area contributed by atoms with Crippen LogP contribution >= 0.6 is 15.9 Å². The zero-order valence-electron chi connectivity index (χ0n) is 10.0. The summed E-state index contributed by atoms with van der Waals surface area (Å²) in [6, 6.07) is 4.49. The van der Waals surface area contributed by atoms with Crippen LogP contribution in [0.1, 0.15) is 18.4 Å². The molecule has 1 aromatic rings. The number of halogens is 2. The van der Waals surface area contributed by atoms with Crippen molar-refractivity contribution in [3.8, 4) is 0 Å². The normalized spacial score (nSPS) is 31.1. The third kappa shape index (κ3) is 2.07. The van der Waals surface area contributed by atoms with Gasteiger partial charge in [0, 0.05) is 10.0 Å². The van der Waals surface area contributed by atoms with Gasteiger partial charge in [-0.25, -0.2) is 4.39 Å². The smallest absolute Gasteiger partial charge is 0.247 e. The molecule has 3 rings (SSSR count). The second-order valence-electron chi connectivity index (χ2n) is 4.98. The van der Waals surface area contributed by atoms with E-state index in [0.29, 0.717) is 4.47 Å². The van der Waals surface area contributed by atoms with Crippen molar-refractivity contribution in [2.75, 3.05) is 6.61 Å². The van der Waals surface area contributed by atoms with Gasteiger partial charge in [-0.1, -0.05) is 15.9 Å². The number of nitrogens with one attached hydrogen (secondary N) is 1. The number of hydrogen-bond acceptors (Lipinski definition) is 3. The summed E-state index contributed by atoms with van der Waals surface area (Å²) >= 11 is 3.29. The number of hydrogen-bond donors (Lipinski definition) is 2. The predicted octanol–water partition coefficient (Wildman–Crippen LogP) is 1.66. The number of aliphatic hydroxyl groups is 1.